The molecule has 2 aromatic carbocycles. The molecule has 3 aromatic rings. The van der Waals surface area contributed by atoms with Crippen molar-refractivity contribution >= 4 is 32.9 Å². The molecule has 0 aliphatic heterocycles. The SMILES string of the molecule is COc1cc(C(=O)n2c(C)nc3ccccc32)c(Br)c(OC)c1OC. The Morgan fingerprint density at radius 2 is 1.76 bits per heavy atom. The number of benzene rings is 2. The molecule has 0 aliphatic carbocycles. The Balaban J connectivity index is 2.25. The van der Waals surface area contributed by atoms with E-state index in [1.165, 1.54) is 21.3 Å². The fourth-order valence-electron chi connectivity index (χ4n) is 2.80. The second kappa shape index (κ2) is 6.76. The van der Waals surface area contributed by atoms with Gasteiger partial charge in [0.15, 0.2) is 11.5 Å². The molecule has 0 saturated heterocycles. The van der Waals surface area contributed by atoms with E-state index in [1.807, 2.05) is 24.3 Å². The normalized spacial score (nSPS) is 10.8. The molecule has 0 fully saturated rings. The number of carbonyl (C=O) groups is 1. The van der Waals surface area contributed by atoms with E-state index in [1.54, 1.807) is 17.6 Å². The molecule has 0 bridgehead atoms. The third-order valence-electron chi connectivity index (χ3n) is 3.93. The number of aryl methyl sites for hydroxylation is 1. The first-order chi connectivity index (χ1) is 12.0. The zero-order chi connectivity index (χ0) is 18.1. The number of carbonyl (C=O) groups excluding carboxylic acids is 1. The van der Waals surface area contributed by atoms with Crippen molar-refractivity contribution < 1.29 is 19.0 Å². The molecule has 0 radical (unpaired) electrons. The second-order valence-electron chi connectivity index (χ2n) is 5.30. The Morgan fingerprint density at radius 1 is 1.08 bits per heavy atom. The number of hydrogen-bond acceptors (Lipinski definition) is 5. The van der Waals surface area contributed by atoms with Gasteiger partial charge in [0.05, 0.1) is 42.4 Å². The number of ether oxygens (including phenoxy) is 3. The van der Waals surface area contributed by atoms with Gasteiger partial charge in [-0.2, -0.15) is 0 Å². The predicted molar refractivity (Wildman–Crippen MR) is 98.0 cm³/mol. The largest absolute Gasteiger partial charge is 0.493 e. The van der Waals surface area contributed by atoms with Crippen LogP contribution < -0.4 is 14.2 Å². The zero-order valence-electron chi connectivity index (χ0n) is 14.3. The Morgan fingerprint density at radius 3 is 2.40 bits per heavy atom. The van der Waals surface area contributed by atoms with E-state index in [0.29, 0.717) is 33.1 Å². The van der Waals surface area contributed by atoms with Gasteiger partial charge >= 0.3 is 0 Å². The second-order valence-corrected chi connectivity index (χ2v) is 6.09. The van der Waals surface area contributed by atoms with Crippen molar-refractivity contribution in [3.63, 3.8) is 0 Å². The number of hydrogen-bond donors (Lipinski definition) is 0. The van der Waals surface area contributed by atoms with Gasteiger partial charge in [-0.05, 0) is 41.1 Å². The highest BCUT2D eigenvalue weighted by molar-refractivity contribution is 9.10. The zero-order valence-corrected chi connectivity index (χ0v) is 15.9. The number of imidazole rings is 1. The van der Waals surface area contributed by atoms with E-state index in [-0.39, 0.29) is 5.91 Å². The Kier molecular flexibility index (Phi) is 4.67. The molecule has 6 nitrogen and oxygen atoms in total. The number of para-hydroxylation sites is 2. The van der Waals surface area contributed by atoms with Crippen molar-refractivity contribution in [2.75, 3.05) is 21.3 Å². The van der Waals surface area contributed by atoms with Crippen molar-refractivity contribution in [3.8, 4) is 17.2 Å². The van der Waals surface area contributed by atoms with Crippen LogP contribution in [-0.4, -0.2) is 36.8 Å². The molecule has 7 heteroatoms. The molecular formula is C18H17BrN2O4. The molecule has 0 unspecified atom stereocenters. The van der Waals surface area contributed by atoms with Crippen LogP contribution in [0.25, 0.3) is 11.0 Å². The van der Waals surface area contributed by atoms with Gasteiger partial charge in [0, 0.05) is 0 Å². The van der Waals surface area contributed by atoms with Gasteiger partial charge in [0.1, 0.15) is 5.82 Å². The van der Waals surface area contributed by atoms with Crippen molar-refractivity contribution in [2.45, 2.75) is 6.92 Å². The lowest BCUT2D eigenvalue weighted by molar-refractivity contribution is 0.0960. The molecule has 3 rings (SSSR count). The van der Waals surface area contributed by atoms with E-state index in [4.69, 9.17) is 14.2 Å². The first-order valence-electron chi connectivity index (χ1n) is 7.50. The summed E-state index contributed by atoms with van der Waals surface area (Å²) in [5.41, 5.74) is 1.89. The first-order valence-corrected chi connectivity index (χ1v) is 8.30. The van der Waals surface area contributed by atoms with Gasteiger partial charge in [-0.1, -0.05) is 12.1 Å². The van der Waals surface area contributed by atoms with E-state index in [9.17, 15) is 4.79 Å². The molecule has 0 spiro atoms. The topological polar surface area (TPSA) is 62.6 Å². The Labute approximate surface area is 153 Å². The van der Waals surface area contributed by atoms with Gasteiger partial charge in [0.25, 0.3) is 5.91 Å². The lowest BCUT2D eigenvalue weighted by Crippen LogP contribution is -2.15. The highest BCUT2D eigenvalue weighted by Gasteiger charge is 2.25. The van der Waals surface area contributed by atoms with Gasteiger partial charge in [-0.25, -0.2) is 4.98 Å². The number of halogens is 1. The highest BCUT2D eigenvalue weighted by atomic mass is 79.9. The first kappa shape index (κ1) is 17.3. The number of methoxy groups -OCH3 is 3. The Bertz CT molecular complexity index is 965. The summed E-state index contributed by atoms with van der Waals surface area (Å²) >= 11 is 3.46. The maximum Gasteiger partial charge on any atom is 0.265 e. The summed E-state index contributed by atoms with van der Waals surface area (Å²) in [5, 5.41) is 0. The molecule has 0 N–H and O–H groups in total. The van der Waals surface area contributed by atoms with Crippen LogP contribution in [0.4, 0.5) is 0 Å². The summed E-state index contributed by atoms with van der Waals surface area (Å²) in [6.07, 6.45) is 0. The lowest BCUT2D eigenvalue weighted by atomic mass is 10.1. The standard InChI is InChI=1S/C18H17BrN2O4/c1-10-20-12-7-5-6-8-13(12)21(10)18(22)11-9-14(23-2)16(24-3)17(25-4)15(11)19/h5-9H,1-4H3. The van der Waals surface area contributed by atoms with Crippen molar-refractivity contribution in [2.24, 2.45) is 0 Å². The summed E-state index contributed by atoms with van der Waals surface area (Å²) in [7, 11) is 4.54. The molecule has 25 heavy (non-hydrogen) atoms. The van der Waals surface area contributed by atoms with E-state index >= 15 is 0 Å². The van der Waals surface area contributed by atoms with E-state index in [2.05, 4.69) is 20.9 Å². The summed E-state index contributed by atoms with van der Waals surface area (Å²) in [6.45, 7) is 1.80. The number of rotatable bonds is 4. The minimum atomic E-state index is -0.239. The van der Waals surface area contributed by atoms with Gasteiger partial charge in [-0.3, -0.25) is 9.36 Å². The number of aromatic nitrogens is 2. The quantitative estimate of drug-likeness (QED) is 0.661. The molecule has 1 heterocycles. The third kappa shape index (κ3) is 2.74. The van der Waals surface area contributed by atoms with E-state index < -0.39 is 0 Å². The predicted octanol–water partition coefficient (Wildman–Crippen LogP) is 3.82. The van der Waals surface area contributed by atoms with Crippen LogP contribution in [0.3, 0.4) is 0 Å². The van der Waals surface area contributed by atoms with Crippen molar-refractivity contribution in [3.05, 3.63) is 46.2 Å². The maximum atomic E-state index is 13.2. The van der Waals surface area contributed by atoms with E-state index in [0.717, 1.165) is 11.0 Å². The summed E-state index contributed by atoms with van der Waals surface area (Å²) < 4.78 is 18.2. The molecular weight excluding hydrogens is 388 g/mol. The minimum Gasteiger partial charge on any atom is -0.493 e. The van der Waals surface area contributed by atoms with Crippen LogP contribution in [0.5, 0.6) is 17.2 Å². The highest BCUT2D eigenvalue weighted by Crippen LogP contribution is 2.45. The molecule has 130 valence electrons. The van der Waals surface area contributed by atoms with Crippen LogP contribution in [0.15, 0.2) is 34.8 Å². The maximum absolute atomic E-state index is 13.2. The monoisotopic (exact) mass is 404 g/mol. The number of nitrogens with zero attached hydrogens (tertiary/aromatic N) is 2. The fraction of sp³-hybridized carbons (Fsp3) is 0.222. The molecule has 0 atom stereocenters. The van der Waals surface area contributed by atoms with Crippen molar-refractivity contribution in [1.82, 2.24) is 9.55 Å². The summed E-state index contributed by atoms with van der Waals surface area (Å²) in [6, 6.07) is 9.12. The van der Waals surface area contributed by atoms with Crippen LogP contribution in [0.2, 0.25) is 0 Å². The smallest absolute Gasteiger partial charge is 0.265 e. The average Bonchev–Trinajstić information content (AvgIpc) is 2.96. The van der Waals surface area contributed by atoms with Crippen LogP contribution in [0, 0.1) is 6.92 Å². The summed E-state index contributed by atoms with van der Waals surface area (Å²) in [5.74, 6) is 1.59. The lowest BCUT2D eigenvalue weighted by Gasteiger charge is -2.16. The summed E-state index contributed by atoms with van der Waals surface area (Å²) in [4.78, 5) is 17.7. The molecule has 1 aromatic heterocycles. The van der Waals surface area contributed by atoms with Crippen LogP contribution in [0.1, 0.15) is 16.2 Å². The molecule has 0 aliphatic rings. The van der Waals surface area contributed by atoms with Crippen LogP contribution >= 0.6 is 15.9 Å². The molecule has 0 saturated carbocycles. The van der Waals surface area contributed by atoms with Crippen LogP contribution in [-0.2, 0) is 0 Å². The average molecular weight is 405 g/mol. The minimum absolute atomic E-state index is 0.239. The molecule has 0 amide bonds. The van der Waals surface area contributed by atoms with Gasteiger partial charge < -0.3 is 14.2 Å². The Hall–Kier alpha value is -2.54. The van der Waals surface area contributed by atoms with Gasteiger partial charge in [-0.15, -0.1) is 0 Å². The van der Waals surface area contributed by atoms with Gasteiger partial charge in [0.2, 0.25) is 5.75 Å². The van der Waals surface area contributed by atoms with Crippen molar-refractivity contribution in [1.29, 1.82) is 0 Å². The fourth-order valence-corrected chi connectivity index (χ4v) is 3.43. The third-order valence-corrected chi connectivity index (χ3v) is 4.72. The number of fused-ring (bicyclic) bond motifs is 1.